The van der Waals surface area contributed by atoms with Crippen LogP contribution in [0.3, 0.4) is 0 Å². The van der Waals surface area contributed by atoms with Crippen LogP contribution in [0.2, 0.25) is 5.28 Å². The van der Waals surface area contributed by atoms with Gasteiger partial charge in [-0.2, -0.15) is 0 Å². The van der Waals surface area contributed by atoms with E-state index in [1.54, 1.807) is 0 Å². The van der Waals surface area contributed by atoms with Gasteiger partial charge < -0.3 is 9.47 Å². The van der Waals surface area contributed by atoms with Crippen LogP contribution in [0.1, 0.15) is 27.3 Å². The molecule has 1 aromatic carbocycles. The van der Waals surface area contributed by atoms with E-state index in [-0.39, 0.29) is 5.91 Å². The minimum atomic E-state index is 0.0664. The minimum Gasteiger partial charge on any atom is -0.332 e. The summed E-state index contributed by atoms with van der Waals surface area (Å²) in [5.74, 6) is 0.0664. The number of aryl methyl sites for hydroxylation is 1. The lowest BCUT2D eigenvalue weighted by molar-refractivity contribution is 0.0730. The van der Waals surface area contributed by atoms with Crippen molar-refractivity contribution in [2.24, 2.45) is 7.05 Å². The van der Waals surface area contributed by atoms with Crippen LogP contribution >= 0.6 is 11.6 Å². The zero-order chi connectivity index (χ0) is 14.3. The second-order valence-electron chi connectivity index (χ2n) is 5.18. The molecule has 0 aliphatic carbocycles. The first-order valence-electron chi connectivity index (χ1n) is 6.62. The average Bonchev–Trinajstić information content (AvgIpc) is 2.73. The molecule has 1 aliphatic heterocycles. The third-order valence-electron chi connectivity index (χ3n) is 3.75. The highest BCUT2D eigenvalue weighted by Crippen LogP contribution is 2.23. The molecular formula is C15H16ClN3O. The van der Waals surface area contributed by atoms with Crippen LogP contribution in [-0.4, -0.2) is 26.9 Å². The highest BCUT2D eigenvalue weighted by molar-refractivity contribution is 6.28. The lowest BCUT2D eigenvalue weighted by atomic mass is 10.1. The van der Waals surface area contributed by atoms with Gasteiger partial charge in [-0.3, -0.25) is 4.79 Å². The fourth-order valence-electron chi connectivity index (χ4n) is 2.59. The number of nitrogens with zero attached hydrogens (tertiary/aromatic N) is 3. The van der Waals surface area contributed by atoms with Gasteiger partial charge in [0, 0.05) is 25.6 Å². The number of rotatable bonds is 1. The Morgan fingerprint density at radius 1 is 1.40 bits per heavy atom. The first-order valence-corrected chi connectivity index (χ1v) is 7.00. The normalized spacial score (nSPS) is 14.2. The van der Waals surface area contributed by atoms with Gasteiger partial charge in [-0.15, -0.1) is 0 Å². The number of carbonyl (C=O) groups is 1. The molecule has 1 amide bonds. The molecule has 2 aromatic rings. The summed E-state index contributed by atoms with van der Waals surface area (Å²) >= 11 is 6.03. The molecule has 0 fully saturated rings. The molecule has 0 atom stereocenters. The predicted octanol–water partition coefficient (Wildman–Crippen LogP) is 2.58. The highest BCUT2D eigenvalue weighted by Gasteiger charge is 2.25. The summed E-state index contributed by atoms with van der Waals surface area (Å²) < 4.78 is 1.85. The van der Waals surface area contributed by atoms with Crippen molar-refractivity contribution in [3.8, 4) is 0 Å². The number of amides is 1. The zero-order valence-corrected chi connectivity index (χ0v) is 12.3. The van der Waals surface area contributed by atoms with E-state index in [1.807, 2.05) is 47.7 Å². The number of aromatic nitrogens is 2. The molecule has 5 heteroatoms. The summed E-state index contributed by atoms with van der Waals surface area (Å²) in [7, 11) is 1.88. The Morgan fingerprint density at radius 2 is 2.20 bits per heavy atom. The summed E-state index contributed by atoms with van der Waals surface area (Å²) in [5.41, 5.74) is 3.87. The molecule has 1 aliphatic rings. The van der Waals surface area contributed by atoms with Gasteiger partial charge in [0.15, 0.2) is 0 Å². The maximum atomic E-state index is 12.5. The summed E-state index contributed by atoms with van der Waals surface area (Å²) in [6.45, 7) is 3.25. The second-order valence-corrected chi connectivity index (χ2v) is 5.52. The number of benzene rings is 1. The number of imidazole rings is 1. The maximum absolute atomic E-state index is 12.5. The van der Waals surface area contributed by atoms with Crippen LogP contribution in [0, 0.1) is 6.92 Å². The molecule has 0 saturated carbocycles. The number of fused-ring (bicyclic) bond motifs is 1. The van der Waals surface area contributed by atoms with E-state index in [0.29, 0.717) is 18.4 Å². The number of hydrogen-bond acceptors (Lipinski definition) is 2. The number of hydrogen-bond donors (Lipinski definition) is 0. The summed E-state index contributed by atoms with van der Waals surface area (Å²) in [6.07, 6.45) is 0.757. The Bertz CT molecular complexity index is 678. The Balaban J connectivity index is 1.86. The van der Waals surface area contributed by atoms with Gasteiger partial charge in [0.05, 0.1) is 17.9 Å². The van der Waals surface area contributed by atoms with E-state index >= 15 is 0 Å². The van der Waals surface area contributed by atoms with E-state index in [4.69, 9.17) is 11.6 Å². The van der Waals surface area contributed by atoms with Gasteiger partial charge in [-0.1, -0.05) is 17.7 Å². The van der Waals surface area contributed by atoms with E-state index in [2.05, 4.69) is 4.98 Å². The van der Waals surface area contributed by atoms with E-state index in [9.17, 15) is 4.79 Å². The Kier molecular flexibility index (Phi) is 3.26. The minimum absolute atomic E-state index is 0.0664. The van der Waals surface area contributed by atoms with Crippen molar-refractivity contribution in [3.05, 3.63) is 52.1 Å². The zero-order valence-electron chi connectivity index (χ0n) is 11.6. The van der Waals surface area contributed by atoms with Crippen LogP contribution in [-0.2, 0) is 20.0 Å². The largest absolute Gasteiger partial charge is 0.332 e. The molecule has 0 bridgehead atoms. The van der Waals surface area contributed by atoms with Gasteiger partial charge in [0.25, 0.3) is 5.91 Å². The molecule has 2 heterocycles. The van der Waals surface area contributed by atoms with Crippen molar-refractivity contribution in [1.29, 1.82) is 0 Å². The quantitative estimate of drug-likeness (QED) is 0.809. The standard InChI is InChI=1S/C15H16ClN3O/c1-10-4-3-5-11(8-10)14(20)19-7-6-12-13(9-19)18(2)15(16)17-12/h3-5,8H,6-7,9H2,1-2H3. The summed E-state index contributed by atoms with van der Waals surface area (Å²) in [4.78, 5) is 18.7. The van der Waals surface area contributed by atoms with Crippen LogP contribution in [0.25, 0.3) is 0 Å². The van der Waals surface area contributed by atoms with Crippen LogP contribution < -0.4 is 0 Å². The summed E-state index contributed by atoms with van der Waals surface area (Å²) in [5, 5.41) is 0.486. The molecule has 1 aromatic heterocycles. The third kappa shape index (κ3) is 2.20. The van der Waals surface area contributed by atoms with Crippen molar-refractivity contribution in [3.63, 3.8) is 0 Å². The Hall–Kier alpha value is -1.81. The topological polar surface area (TPSA) is 38.1 Å². The van der Waals surface area contributed by atoms with Gasteiger partial charge in [0.2, 0.25) is 5.28 Å². The lowest BCUT2D eigenvalue weighted by Gasteiger charge is -2.27. The van der Waals surface area contributed by atoms with Crippen molar-refractivity contribution in [2.45, 2.75) is 19.9 Å². The first kappa shape index (κ1) is 13.2. The predicted molar refractivity (Wildman–Crippen MR) is 77.8 cm³/mol. The molecule has 0 unspecified atom stereocenters. The summed E-state index contributed by atoms with van der Waals surface area (Å²) in [6, 6.07) is 7.69. The van der Waals surface area contributed by atoms with E-state index < -0.39 is 0 Å². The Labute approximate surface area is 123 Å². The van der Waals surface area contributed by atoms with Crippen molar-refractivity contribution in [1.82, 2.24) is 14.5 Å². The second kappa shape index (κ2) is 4.94. The monoisotopic (exact) mass is 289 g/mol. The number of halogens is 1. The molecular weight excluding hydrogens is 274 g/mol. The molecule has 20 heavy (non-hydrogen) atoms. The molecule has 3 rings (SSSR count). The maximum Gasteiger partial charge on any atom is 0.254 e. The molecule has 104 valence electrons. The number of carbonyl (C=O) groups excluding carboxylic acids is 1. The highest BCUT2D eigenvalue weighted by atomic mass is 35.5. The van der Waals surface area contributed by atoms with Crippen molar-refractivity contribution >= 4 is 17.5 Å². The van der Waals surface area contributed by atoms with E-state index in [0.717, 1.165) is 28.9 Å². The van der Waals surface area contributed by atoms with Gasteiger partial charge in [0.1, 0.15) is 0 Å². The molecule has 0 saturated heterocycles. The SMILES string of the molecule is Cc1cccc(C(=O)N2CCc3nc(Cl)n(C)c3C2)c1. The fraction of sp³-hybridized carbons (Fsp3) is 0.333. The van der Waals surface area contributed by atoms with Gasteiger partial charge in [-0.05, 0) is 30.7 Å². The smallest absolute Gasteiger partial charge is 0.254 e. The Morgan fingerprint density at radius 3 is 2.95 bits per heavy atom. The fourth-order valence-corrected chi connectivity index (χ4v) is 2.79. The third-order valence-corrected chi connectivity index (χ3v) is 4.09. The molecule has 0 radical (unpaired) electrons. The van der Waals surface area contributed by atoms with Crippen molar-refractivity contribution < 1.29 is 4.79 Å². The lowest BCUT2D eigenvalue weighted by Crippen LogP contribution is -2.36. The average molecular weight is 290 g/mol. The van der Waals surface area contributed by atoms with Gasteiger partial charge >= 0.3 is 0 Å². The van der Waals surface area contributed by atoms with Crippen LogP contribution in [0.4, 0.5) is 0 Å². The van der Waals surface area contributed by atoms with E-state index in [1.165, 1.54) is 0 Å². The van der Waals surface area contributed by atoms with Crippen LogP contribution in [0.15, 0.2) is 24.3 Å². The molecule has 0 N–H and O–H groups in total. The van der Waals surface area contributed by atoms with Gasteiger partial charge in [-0.25, -0.2) is 4.98 Å². The molecule has 0 spiro atoms. The molecule has 4 nitrogen and oxygen atoms in total. The van der Waals surface area contributed by atoms with Crippen molar-refractivity contribution in [2.75, 3.05) is 6.54 Å². The first-order chi connectivity index (χ1) is 9.56. The van der Waals surface area contributed by atoms with Crippen LogP contribution in [0.5, 0.6) is 0 Å².